The predicted octanol–water partition coefficient (Wildman–Crippen LogP) is 3.95. The van der Waals surface area contributed by atoms with Crippen molar-refractivity contribution >= 4 is 55.2 Å². The molecule has 4 rings (SSSR count). The highest BCUT2D eigenvalue weighted by Crippen LogP contribution is 2.30. The molecule has 0 saturated carbocycles. The van der Waals surface area contributed by atoms with Gasteiger partial charge in [-0.3, -0.25) is 4.79 Å². The number of hydrogen-bond acceptors (Lipinski definition) is 7. The highest BCUT2D eigenvalue weighted by atomic mass is 32.2. The van der Waals surface area contributed by atoms with Crippen LogP contribution in [0, 0.1) is 0 Å². The summed E-state index contributed by atoms with van der Waals surface area (Å²) in [7, 11) is -3.82. The molecule has 0 bridgehead atoms. The summed E-state index contributed by atoms with van der Waals surface area (Å²) >= 11 is 2.67. The van der Waals surface area contributed by atoms with Gasteiger partial charge in [0.1, 0.15) is 0 Å². The summed E-state index contributed by atoms with van der Waals surface area (Å²) in [5.41, 5.74) is 3.09. The van der Waals surface area contributed by atoms with Gasteiger partial charge in [-0.25, -0.2) is 23.5 Å². The number of benzene rings is 2. The lowest BCUT2D eigenvalue weighted by Crippen LogP contribution is -2.22. The van der Waals surface area contributed by atoms with Gasteiger partial charge in [0.25, 0.3) is 0 Å². The van der Waals surface area contributed by atoms with Crippen molar-refractivity contribution in [2.24, 2.45) is 5.14 Å². The SMILES string of the molecule is CCn1c(S[C@H](C)C(=O)Nc2nc(-c3ccccc3)cs2)nc2cc(S(N)(=O)=O)ccc21. The van der Waals surface area contributed by atoms with Gasteiger partial charge >= 0.3 is 0 Å². The van der Waals surface area contributed by atoms with E-state index in [0.717, 1.165) is 16.8 Å². The van der Waals surface area contributed by atoms with Gasteiger partial charge in [-0.15, -0.1) is 11.3 Å². The summed E-state index contributed by atoms with van der Waals surface area (Å²) in [6.45, 7) is 4.37. The summed E-state index contributed by atoms with van der Waals surface area (Å²) < 4.78 is 25.2. The quantitative estimate of drug-likeness (QED) is 0.381. The number of aromatic nitrogens is 3. The Balaban J connectivity index is 1.51. The number of anilines is 1. The van der Waals surface area contributed by atoms with Crippen LogP contribution in [0.2, 0.25) is 0 Å². The number of thiazole rings is 1. The number of amides is 1. The van der Waals surface area contributed by atoms with E-state index in [1.165, 1.54) is 35.2 Å². The van der Waals surface area contributed by atoms with Crippen LogP contribution >= 0.6 is 23.1 Å². The first kappa shape index (κ1) is 22.5. The highest BCUT2D eigenvalue weighted by molar-refractivity contribution is 8.00. The standard InChI is InChI=1S/C21H21N5O3S3/c1-3-26-18-10-9-15(32(22,28)29)11-16(18)24-21(26)31-13(2)19(27)25-20-23-17(12-30-20)14-7-5-4-6-8-14/h4-13H,3H2,1-2H3,(H2,22,28,29)(H,23,25,27)/t13-/m1/s1. The molecule has 0 fully saturated rings. The summed E-state index contributed by atoms with van der Waals surface area (Å²) in [6.07, 6.45) is 0. The Kier molecular flexibility index (Phi) is 6.33. The second-order valence-electron chi connectivity index (χ2n) is 6.99. The lowest BCUT2D eigenvalue weighted by Gasteiger charge is -2.11. The molecule has 0 radical (unpaired) electrons. The number of nitrogens with zero attached hydrogens (tertiary/aromatic N) is 3. The Morgan fingerprint density at radius 2 is 1.97 bits per heavy atom. The Bertz CT molecular complexity index is 1380. The van der Waals surface area contributed by atoms with Crippen LogP contribution in [0.3, 0.4) is 0 Å². The zero-order chi connectivity index (χ0) is 22.9. The monoisotopic (exact) mass is 487 g/mol. The van der Waals surface area contributed by atoms with Crippen LogP contribution in [0.15, 0.2) is 64.0 Å². The number of hydrogen-bond donors (Lipinski definition) is 2. The van der Waals surface area contributed by atoms with E-state index in [1.54, 1.807) is 13.0 Å². The highest BCUT2D eigenvalue weighted by Gasteiger charge is 2.21. The summed E-state index contributed by atoms with van der Waals surface area (Å²) in [4.78, 5) is 21.8. The van der Waals surface area contributed by atoms with Gasteiger partial charge in [0, 0.05) is 17.5 Å². The third kappa shape index (κ3) is 4.70. The number of thioether (sulfide) groups is 1. The minimum absolute atomic E-state index is 0.00563. The van der Waals surface area contributed by atoms with Crippen molar-refractivity contribution in [3.63, 3.8) is 0 Å². The van der Waals surface area contributed by atoms with Gasteiger partial charge in [0.05, 0.1) is 26.9 Å². The molecule has 0 spiro atoms. The molecule has 8 nitrogen and oxygen atoms in total. The molecule has 2 heterocycles. The average Bonchev–Trinajstić information content (AvgIpc) is 3.37. The van der Waals surface area contributed by atoms with E-state index in [-0.39, 0.29) is 10.8 Å². The van der Waals surface area contributed by atoms with E-state index < -0.39 is 15.3 Å². The fourth-order valence-electron chi connectivity index (χ4n) is 3.15. The first-order valence-corrected chi connectivity index (χ1v) is 13.1. The molecule has 1 amide bonds. The Morgan fingerprint density at radius 3 is 2.66 bits per heavy atom. The third-order valence-corrected chi connectivity index (χ3v) is 7.54. The van der Waals surface area contributed by atoms with E-state index in [0.29, 0.717) is 22.3 Å². The van der Waals surface area contributed by atoms with Crippen molar-refractivity contribution in [1.29, 1.82) is 0 Å². The first-order chi connectivity index (χ1) is 15.3. The maximum atomic E-state index is 12.8. The minimum atomic E-state index is -3.82. The smallest absolute Gasteiger partial charge is 0.239 e. The lowest BCUT2D eigenvalue weighted by atomic mass is 10.2. The molecule has 0 unspecified atom stereocenters. The topological polar surface area (TPSA) is 120 Å². The maximum Gasteiger partial charge on any atom is 0.239 e. The van der Waals surface area contributed by atoms with Crippen LogP contribution in [0.4, 0.5) is 5.13 Å². The van der Waals surface area contributed by atoms with Gasteiger partial charge in [-0.1, -0.05) is 42.1 Å². The number of carbonyl (C=O) groups excluding carboxylic acids is 1. The Morgan fingerprint density at radius 1 is 1.22 bits per heavy atom. The van der Waals surface area contributed by atoms with Crippen molar-refractivity contribution in [3.8, 4) is 11.3 Å². The van der Waals surface area contributed by atoms with Crippen LogP contribution in [0.1, 0.15) is 13.8 Å². The van der Waals surface area contributed by atoms with Crippen LogP contribution in [0.5, 0.6) is 0 Å². The second-order valence-corrected chi connectivity index (χ2v) is 10.7. The number of carbonyl (C=O) groups is 1. The van der Waals surface area contributed by atoms with Crippen LogP contribution < -0.4 is 10.5 Å². The van der Waals surface area contributed by atoms with Crippen molar-refractivity contribution in [3.05, 3.63) is 53.9 Å². The number of primary sulfonamides is 1. The lowest BCUT2D eigenvalue weighted by molar-refractivity contribution is -0.115. The zero-order valence-electron chi connectivity index (χ0n) is 17.3. The minimum Gasteiger partial charge on any atom is -0.319 e. The summed E-state index contributed by atoms with van der Waals surface area (Å²) in [6, 6.07) is 14.4. The van der Waals surface area contributed by atoms with Crippen molar-refractivity contribution in [1.82, 2.24) is 14.5 Å². The molecule has 3 N–H and O–H groups in total. The van der Waals surface area contributed by atoms with Gasteiger partial charge in [-0.2, -0.15) is 0 Å². The molecule has 0 aliphatic heterocycles. The van der Waals surface area contributed by atoms with Crippen molar-refractivity contribution in [2.75, 3.05) is 5.32 Å². The molecule has 0 saturated heterocycles. The van der Waals surface area contributed by atoms with E-state index in [9.17, 15) is 13.2 Å². The molecule has 32 heavy (non-hydrogen) atoms. The van der Waals surface area contributed by atoms with Gasteiger partial charge < -0.3 is 9.88 Å². The maximum absolute atomic E-state index is 12.8. The fraction of sp³-hybridized carbons (Fsp3) is 0.190. The molecular weight excluding hydrogens is 466 g/mol. The normalized spacial score (nSPS) is 12.7. The average molecular weight is 488 g/mol. The van der Waals surface area contributed by atoms with Gasteiger partial charge in [-0.05, 0) is 32.0 Å². The van der Waals surface area contributed by atoms with Crippen LogP contribution in [0.25, 0.3) is 22.3 Å². The molecule has 11 heteroatoms. The van der Waals surface area contributed by atoms with Crippen molar-refractivity contribution < 1.29 is 13.2 Å². The number of imidazole rings is 1. The van der Waals surface area contributed by atoms with Gasteiger partial charge in [0.2, 0.25) is 15.9 Å². The fourth-order valence-corrected chi connectivity index (χ4v) is 5.40. The number of aryl methyl sites for hydroxylation is 1. The molecule has 166 valence electrons. The second kappa shape index (κ2) is 9.02. The largest absolute Gasteiger partial charge is 0.319 e. The number of fused-ring (bicyclic) bond motifs is 1. The number of nitrogens with two attached hydrogens (primary N) is 1. The zero-order valence-corrected chi connectivity index (χ0v) is 19.8. The van der Waals surface area contributed by atoms with E-state index >= 15 is 0 Å². The van der Waals surface area contributed by atoms with Crippen molar-refractivity contribution in [2.45, 2.75) is 35.7 Å². The molecule has 2 aromatic heterocycles. The first-order valence-electron chi connectivity index (χ1n) is 9.78. The molecule has 4 aromatic rings. The number of rotatable bonds is 7. The summed E-state index contributed by atoms with van der Waals surface area (Å²) in [5, 5.41) is 10.7. The Hall–Kier alpha value is -2.73. The molecule has 1 atom stereocenters. The van der Waals surface area contributed by atoms with E-state index in [1.807, 2.05) is 47.2 Å². The number of nitrogens with one attached hydrogen (secondary N) is 1. The summed E-state index contributed by atoms with van der Waals surface area (Å²) in [5.74, 6) is -0.191. The van der Waals surface area contributed by atoms with Crippen LogP contribution in [-0.2, 0) is 21.4 Å². The predicted molar refractivity (Wildman–Crippen MR) is 128 cm³/mol. The number of sulfonamides is 1. The molecular formula is C21H21N5O3S3. The van der Waals surface area contributed by atoms with E-state index in [2.05, 4.69) is 15.3 Å². The van der Waals surface area contributed by atoms with Crippen LogP contribution in [-0.4, -0.2) is 34.1 Å². The molecule has 2 aromatic carbocycles. The Labute approximate surface area is 193 Å². The van der Waals surface area contributed by atoms with E-state index in [4.69, 9.17) is 5.14 Å². The molecule has 0 aliphatic carbocycles. The molecule has 0 aliphatic rings. The third-order valence-electron chi connectivity index (χ3n) is 4.78. The van der Waals surface area contributed by atoms with Gasteiger partial charge in [0.15, 0.2) is 10.3 Å².